The lowest BCUT2D eigenvalue weighted by Gasteiger charge is -2.14. The van der Waals surface area contributed by atoms with E-state index >= 15 is 0 Å². The number of fused-ring (bicyclic) bond motifs is 1. The number of hydrogen-bond donors (Lipinski definition) is 1. The van der Waals surface area contributed by atoms with Crippen molar-refractivity contribution in [3.05, 3.63) is 35.8 Å². The summed E-state index contributed by atoms with van der Waals surface area (Å²) < 4.78 is 7.17. The second-order valence-electron chi connectivity index (χ2n) is 5.93. The first kappa shape index (κ1) is 16.6. The molecule has 0 aliphatic heterocycles. The molecule has 1 amide bonds. The molecule has 1 aliphatic carbocycles. The van der Waals surface area contributed by atoms with Gasteiger partial charge in [0.25, 0.3) is 0 Å². The number of carbonyl (C=O) groups excluding carboxylic acids is 1. The van der Waals surface area contributed by atoms with E-state index in [1.165, 1.54) is 24.1 Å². The maximum Gasteiger partial charge on any atom is 0.246 e. The van der Waals surface area contributed by atoms with Crippen LogP contribution in [-0.2, 0) is 28.9 Å². The summed E-state index contributed by atoms with van der Waals surface area (Å²) in [6.07, 6.45) is 8.14. The van der Waals surface area contributed by atoms with Crippen LogP contribution < -0.4 is 5.32 Å². The molecule has 0 radical (unpaired) electrons. The number of hydrogen-bond acceptors (Lipinski definition) is 4. The Morgan fingerprint density at radius 2 is 2.08 bits per heavy atom. The normalized spacial score (nSPS) is 13.5. The summed E-state index contributed by atoms with van der Waals surface area (Å²) in [5, 5.41) is 7.71. The van der Waals surface area contributed by atoms with E-state index in [9.17, 15) is 4.79 Å². The van der Waals surface area contributed by atoms with E-state index in [0.29, 0.717) is 19.7 Å². The zero-order valence-corrected chi connectivity index (χ0v) is 14.1. The molecule has 1 N–H and O–H groups in total. The third kappa shape index (κ3) is 3.82. The molecule has 3 rings (SSSR count). The maximum atomic E-state index is 11.6. The molecule has 24 heavy (non-hydrogen) atoms. The van der Waals surface area contributed by atoms with Crippen LogP contribution in [0.5, 0.6) is 0 Å². The minimum absolute atomic E-state index is 0.0766. The van der Waals surface area contributed by atoms with Gasteiger partial charge in [-0.15, -0.1) is 0 Å². The van der Waals surface area contributed by atoms with Crippen molar-refractivity contribution in [3.63, 3.8) is 0 Å². The second-order valence-corrected chi connectivity index (χ2v) is 5.93. The number of aromatic nitrogens is 3. The monoisotopic (exact) mass is 328 g/mol. The van der Waals surface area contributed by atoms with Gasteiger partial charge in [-0.25, -0.2) is 0 Å². The average molecular weight is 328 g/mol. The molecule has 0 fully saturated rings. The van der Waals surface area contributed by atoms with Gasteiger partial charge in [-0.3, -0.25) is 14.5 Å². The lowest BCUT2D eigenvalue weighted by molar-refractivity contribution is -0.125. The fourth-order valence-corrected chi connectivity index (χ4v) is 3.14. The maximum absolute atomic E-state index is 11.6. The van der Waals surface area contributed by atoms with Crippen LogP contribution >= 0.6 is 0 Å². The number of rotatable bonds is 7. The highest BCUT2D eigenvalue weighted by molar-refractivity contribution is 5.77. The lowest BCUT2D eigenvalue weighted by atomic mass is 9.94. The van der Waals surface area contributed by atoms with Gasteiger partial charge in [0.15, 0.2) is 0 Å². The van der Waals surface area contributed by atoms with E-state index < -0.39 is 0 Å². The Bertz CT molecular complexity index is 682. The van der Waals surface area contributed by atoms with Crippen molar-refractivity contribution >= 4 is 5.91 Å². The van der Waals surface area contributed by atoms with E-state index in [1.807, 2.05) is 19.1 Å². The highest BCUT2D eigenvalue weighted by atomic mass is 16.5. The minimum Gasteiger partial charge on any atom is -0.372 e. The minimum atomic E-state index is -0.0766. The molecule has 0 bridgehead atoms. The number of nitrogens with zero attached hydrogens (tertiary/aromatic N) is 3. The zero-order chi connectivity index (χ0) is 16.8. The number of ether oxygens (including phenoxy) is 1. The molecule has 2 heterocycles. The Hall–Kier alpha value is -2.21. The molecule has 0 atom stereocenters. The average Bonchev–Trinajstić information content (AvgIpc) is 3.00. The Kier molecular flexibility index (Phi) is 5.59. The van der Waals surface area contributed by atoms with Crippen LogP contribution in [0.1, 0.15) is 31.0 Å². The van der Waals surface area contributed by atoms with Crippen molar-refractivity contribution in [2.24, 2.45) is 0 Å². The van der Waals surface area contributed by atoms with Crippen molar-refractivity contribution in [1.29, 1.82) is 0 Å². The molecule has 0 unspecified atom stereocenters. The molecule has 1 aliphatic rings. The first-order valence-corrected chi connectivity index (χ1v) is 8.63. The van der Waals surface area contributed by atoms with Gasteiger partial charge < -0.3 is 10.1 Å². The summed E-state index contributed by atoms with van der Waals surface area (Å²) in [6, 6.07) is 4.01. The first-order valence-electron chi connectivity index (χ1n) is 8.63. The topological polar surface area (TPSA) is 69.0 Å². The smallest absolute Gasteiger partial charge is 0.246 e. The molecule has 0 spiro atoms. The van der Waals surface area contributed by atoms with Crippen molar-refractivity contribution in [1.82, 2.24) is 20.1 Å². The van der Waals surface area contributed by atoms with Crippen molar-refractivity contribution < 1.29 is 9.53 Å². The summed E-state index contributed by atoms with van der Waals surface area (Å²) in [7, 11) is 0. The van der Waals surface area contributed by atoms with Gasteiger partial charge in [-0.2, -0.15) is 5.10 Å². The molecular weight excluding hydrogens is 304 g/mol. The number of amides is 1. The fourth-order valence-electron chi connectivity index (χ4n) is 3.14. The van der Waals surface area contributed by atoms with Crippen LogP contribution in [0.2, 0.25) is 0 Å². The molecule has 128 valence electrons. The van der Waals surface area contributed by atoms with Gasteiger partial charge in [0.2, 0.25) is 5.91 Å². The van der Waals surface area contributed by atoms with Gasteiger partial charge in [0, 0.05) is 42.4 Å². The SMILES string of the molecule is CCOCC(=O)NCCn1nc(-c2ccncc2)c2c1CCCC2. The van der Waals surface area contributed by atoms with Crippen LogP contribution in [0.15, 0.2) is 24.5 Å². The summed E-state index contributed by atoms with van der Waals surface area (Å²) in [6.45, 7) is 3.80. The van der Waals surface area contributed by atoms with Gasteiger partial charge in [0.1, 0.15) is 6.61 Å². The summed E-state index contributed by atoms with van der Waals surface area (Å²) >= 11 is 0. The van der Waals surface area contributed by atoms with Gasteiger partial charge in [-0.05, 0) is 44.7 Å². The highest BCUT2D eigenvalue weighted by Gasteiger charge is 2.21. The number of nitrogens with one attached hydrogen (secondary N) is 1. The molecular formula is C18H24N4O2. The van der Waals surface area contributed by atoms with Gasteiger partial charge >= 0.3 is 0 Å². The van der Waals surface area contributed by atoms with Gasteiger partial charge in [0.05, 0.1) is 12.2 Å². The Morgan fingerprint density at radius 3 is 2.88 bits per heavy atom. The second kappa shape index (κ2) is 8.06. The standard InChI is InChI=1S/C18H24N4O2/c1-2-24-13-17(23)20-11-12-22-16-6-4-3-5-15(16)18(21-22)14-7-9-19-10-8-14/h7-10H,2-6,11-13H2,1H3,(H,20,23). The molecule has 0 saturated carbocycles. The molecule has 2 aromatic heterocycles. The predicted molar refractivity (Wildman–Crippen MR) is 91.6 cm³/mol. The van der Waals surface area contributed by atoms with Crippen molar-refractivity contribution in [2.75, 3.05) is 19.8 Å². The lowest BCUT2D eigenvalue weighted by Crippen LogP contribution is -2.31. The molecule has 0 aromatic carbocycles. The third-order valence-corrected chi connectivity index (χ3v) is 4.29. The largest absolute Gasteiger partial charge is 0.372 e. The fraction of sp³-hybridized carbons (Fsp3) is 0.500. The van der Waals surface area contributed by atoms with Crippen molar-refractivity contribution in [2.45, 2.75) is 39.2 Å². The summed E-state index contributed by atoms with van der Waals surface area (Å²) in [5.74, 6) is -0.0766. The molecule has 2 aromatic rings. The number of carbonyl (C=O) groups is 1. The zero-order valence-electron chi connectivity index (χ0n) is 14.1. The Balaban J connectivity index is 1.72. The predicted octanol–water partition coefficient (Wildman–Crippen LogP) is 1.98. The van der Waals surface area contributed by atoms with Crippen molar-refractivity contribution in [3.8, 4) is 11.3 Å². The molecule has 6 heteroatoms. The van der Waals surface area contributed by atoms with E-state index in [-0.39, 0.29) is 12.5 Å². The third-order valence-electron chi connectivity index (χ3n) is 4.29. The summed E-state index contributed by atoms with van der Waals surface area (Å²) in [4.78, 5) is 15.7. The van der Waals surface area contributed by atoms with Crippen LogP contribution in [0.25, 0.3) is 11.3 Å². The van der Waals surface area contributed by atoms with Crippen LogP contribution in [-0.4, -0.2) is 40.4 Å². The first-order chi connectivity index (χ1) is 11.8. The van der Waals surface area contributed by atoms with Crippen LogP contribution in [0, 0.1) is 0 Å². The Labute approximate surface area is 142 Å². The quantitative estimate of drug-likeness (QED) is 0.844. The molecule has 6 nitrogen and oxygen atoms in total. The van der Waals surface area contributed by atoms with E-state index in [0.717, 1.165) is 24.1 Å². The highest BCUT2D eigenvalue weighted by Crippen LogP contribution is 2.30. The Morgan fingerprint density at radius 1 is 1.29 bits per heavy atom. The summed E-state index contributed by atoms with van der Waals surface area (Å²) in [5.41, 5.74) is 4.84. The van der Waals surface area contributed by atoms with E-state index in [2.05, 4.69) is 15.0 Å². The van der Waals surface area contributed by atoms with Crippen LogP contribution in [0.3, 0.4) is 0 Å². The van der Waals surface area contributed by atoms with Gasteiger partial charge in [-0.1, -0.05) is 0 Å². The van der Waals surface area contributed by atoms with Crippen LogP contribution in [0.4, 0.5) is 0 Å². The van der Waals surface area contributed by atoms with E-state index in [4.69, 9.17) is 9.84 Å². The number of pyridine rings is 1. The molecule has 0 saturated heterocycles. The van der Waals surface area contributed by atoms with E-state index in [1.54, 1.807) is 12.4 Å².